The Morgan fingerprint density at radius 2 is 1.96 bits per heavy atom. The number of halogens is 2. The zero-order valence-corrected chi connectivity index (χ0v) is 16.7. The van der Waals surface area contributed by atoms with Crippen LogP contribution in [0.2, 0.25) is 5.02 Å². The number of benzene rings is 1. The van der Waals surface area contributed by atoms with Gasteiger partial charge in [0.1, 0.15) is 16.4 Å². The van der Waals surface area contributed by atoms with E-state index in [1.807, 2.05) is 0 Å². The van der Waals surface area contributed by atoms with Gasteiger partial charge in [-0.25, -0.2) is 12.8 Å². The summed E-state index contributed by atoms with van der Waals surface area (Å²) in [6.07, 6.45) is 3.11. The van der Waals surface area contributed by atoms with Gasteiger partial charge in [-0.3, -0.25) is 4.79 Å². The highest BCUT2D eigenvalue weighted by atomic mass is 35.5. The van der Waals surface area contributed by atoms with Crippen LogP contribution in [0.3, 0.4) is 0 Å². The van der Waals surface area contributed by atoms with Crippen LogP contribution in [0.25, 0.3) is 0 Å². The molecule has 9 heteroatoms. The molecule has 1 aromatic carbocycles. The van der Waals surface area contributed by atoms with E-state index in [2.05, 4.69) is 0 Å². The molecule has 0 bridgehead atoms. The number of hydrogen-bond donors (Lipinski definition) is 0. The molecule has 1 aliphatic rings. The highest BCUT2D eigenvalue weighted by Crippen LogP contribution is 2.24. The van der Waals surface area contributed by atoms with Crippen molar-refractivity contribution in [3.63, 3.8) is 0 Å². The highest BCUT2D eigenvalue weighted by molar-refractivity contribution is 7.89. The number of nitrogens with zero attached hydrogens (tertiary/aromatic N) is 3. The van der Waals surface area contributed by atoms with Crippen LogP contribution in [0.5, 0.6) is 0 Å². The summed E-state index contributed by atoms with van der Waals surface area (Å²) in [5.41, 5.74) is 0.428. The second-order valence-electron chi connectivity index (χ2n) is 6.64. The Kier molecular flexibility index (Phi) is 5.60. The first-order valence-electron chi connectivity index (χ1n) is 8.56. The molecule has 1 saturated heterocycles. The van der Waals surface area contributed by atoms with Crippen LogP contribution in [0.4, 0.5) is 4.39 Å². The van der Waals surface area contributed by atoms with Gasteiger partial charge in [-0.1, -0.05) is 17.7 Å². The van der Waals surface area contributed by atoms with Gasteiger partial charge < -0.3 is 9.47 Å². The Hall–Kier alpha value is -1.90. The molecular formula is C18H21ClFN3O3S. The lowest BCUT2D eigenvalue weighted by atomic mass is 10.2. The third-order valence-electron chi connectivity index (χ3n) is 4.71. The first kappa shape index (κ1) is 19.9. The summed E-state index contributed by atoms with van der Waals surface area (Å²) in [4.78, 5) is 14.2. The van der Waals surface area contributed by atoms with E-state index >= 15 is 0 Å². The van der Waals surface area contributed by atoms with Crippen LogP contribution in [0.1, 0.15) is 28.9 Å². The quantitative estimate of drug-likeness (QED) is 0.757. The topological polar surface area (TPSA) is 62.6 Å². The van der Waals surface area contributed by atoms with Crippen LogP contribution >= 0.6 is 11.6 Å². The summed E-state index contributed by atoms with van der Waals surface area (Å²) in [6, 6.07) is 5.70. The van der Waals surface area contributed by atoms with Crippen LogP contribution < -0.4 is 0 Å². The molecule has 0 spiro atoms. The van der Waals surface area contributed by atoms with Gasteiger partial charge in [-0.15, -0.1) is 0 Å². The number of amides is 1. The predicted octanol–water partition coefficient (Wildman–Crippen LogP) is 2.87. The van der Waals surface area contributed by atoms with E-state index in [0.717, 1.165) is 12.8 Å². The Morgan fingerprint density at radius 3 is 2.59 bits per heavy atom. The number of hydrogen-bond acceptors (Lipinski definition) is 3. The third-order valence-corrected chi connectivity index (χ3v) is 6.92. The molecule has 2 aromatic rings. The fraction of sp³-hybridized carbons (Fsp3) is 0.389. The molecule has 0 saturated carbocycles. The fourth-order valence-electron chi connectivity index (χ4n) is 3.15. The van der Waals surface area contributed by atoms with Gasteiger partial charge in [0.05, 0.1) is 6.54 Å². The lowest BCUT2D eigenvalue weighted by molar-refractivity contribution is 0.0774. The van der Waals surface area contributed by atoms with E-state index in [1.54, 1.807) is 13.1 Å². The molecule has 0 N–H and O–H groups in total. The molecule has 0 atom stereocenters. The van der Waals surface area contributed by atoms with E-state index in [0.29, 0.717) is 13.1 Å². The number of carbonyl (C=O) groups is 1. The van der Waals surface area contributed by atoms with E-state index in [1.165, 1.54) is 45.2 Å². The standard InChI is InChI=1S/C18H21ClFN3O3S/c1-21-11-13(27(25,26)23-8-3-4-9-23)10-17(21)18(24)22(2)12-14-15(19)6-5-7-16(14)20/h5-7,10-11H,3-4,8-9,12H2,1-2H3. The number of carbonyl (C=O) groups excluding carboxylic acids is 1. The molecule has 2 heterocycles. The molecular weight excluding hydrogens is 393 g/mol. The molecule has 0 radical (unpaired) electrons. The smallest absolute Gasteiger partial charge is 0.270 e. The van der Waals surface area contributed by atoms with Gasteiger partial charge in [0, 0.05) is 44.0 Å². The highest BCUT2D eigenvalue weighted by Gasteiger charge is 2.30. The summed E-state index contributed by atoms with van der Waals surface area (Å²) in [7, 11) is -0.479. The van der Waals surface area contributed by atoms with Crippen molar-refractivity contribution in [2.45, 2.75) is 24.3 Å². The minimum Gasteiger partial charge on any atom is -0.345 e. The van der Waals surface area contributed by atoms with Gasteiger partial charge in [0.15, 0.2) is 0 Å². The van der Waals surface area contributed by atoms with Crippen molar-refractivity contribution in [3.05, 3.63) is 52.6 Å². The van der Waals surface area contributed by atoms with E-state index in [4.69, 9.17) is 11.6 Å². The van der Waals surface area contributed by atoms with Crippen molar-refractivity contribution < 1.29 is 17.6 Å². The largest absolute Gasteiger partial charge is 0.345 e. The predicted molar refractivity (Wildman–Crippen MR) is 101 cm³/mol. The van der Waals surface area contributed by atoms with Gasteiger partial charge in [0.2, 0.25) is 10.0 Å². The van der Waals surface area contributed by atoms with Crippen LogP contribution in [0.15, 0.2) is 35.4 Å². The average molecular weight is 414 g/mol. The van der Waals surface area contributed by atoms with Gasteiger partial charge in [-0.05, 0) is 31.0 Å². The maximum Gasteiger partial charge on any atom is 0.270 e. The summed E-state index contributed by atoms with van der Waals surface area (Å²) >= 11 is 6.02. The summed E-state index contributed by atoms with van der Waals surface area (Å²) in [5, 5.41) is 0.235. The Morgan fingerprint density at radius 1 is 1.30 bits per heavy atom. The first-order chi connectivity index (χ1) is 12.7. The van der Waals surface area contributed by atoms with Crippen molar-refractivity contribution in [1.29, 1.82) is 0 Å². The Labute approximate surface area is 163 Å². The SMILES string of the molecule is CN(Cc1c(F)cccc1Cl)C(=O)c1cc(S(=O)(=O)N2CCCC2)cn1C. The van der Waals surface area contributed by atoms with E-state index in [-0.39, 0.29) is 27.7 Å². The zero-order chi connectivity index (χ0) is 19.8. The third kappa shape index (κ3) is 3.88. The molecule has 146 valence electrons. The van der Waals surface area contributed by atoms with Gasteiger partial charge in [0.25, 0.3) is 5.91 Å². The maximum atomic E-state index is 14.0. The minimum absolute atomic E-state index is 0.0241. The molecule has 27 heavy (non-hydrogen) atoms. The van der Waals surface area contributed by atoms with Crippen molar-refractivity contribution in [1.82, 2.24) is 13.8 Å². The molecule has 0 aliphatic carbocycles. The van der Waals surface area contributed by atoms with Crippen molar-refractivity contribution >= 4 is 27.5 Å². The van der Waals surface area contributed by atoms with Gasteiger partial charge >= 0.3 is 0 Å². The second-order valence-corrected chi connectivity index (χ2v) is 8.99. The maximum absolute atomic E-state index is 14.0. The number of rotatable bonds is 5. The number of aromatic nitrogens is 1. The van der Waals surface area contributed by atoms with Crippen molar-refractivity contribution in [3.8, 4) is 0 Å². The van der Waals surface area contributed by atoms with Gasteiger partial charge in [-0.2, -0.15) is 4.31 Å². The zero-order valence-electron chi connectivity index (χ0n) is 15.2. The first-order valence-corrected chi connectivity index (χ1v) is 10.4. The molecule has 1 amide bonds. The van der Waals surface area contributed by atoms with Crippen LogP contribution in [-0.2, 0) is 23.6 Å². The molecule has 1 fully saturated rings. The van der Waals surface area contributed by atoms with E-state index < -0.39 is 21.7 Å². The molecule has 1 aromatic heterocycles. The van der Waals surface area contributed by atoms with Crippen molar-refractivity contribution in [2.24, 2.45) is 7.05 Å². The summed E-state index contributed by atoms with van der Waals surface area (Å²) < 4.78 is 42.3. The minimum atomic E-state index is -3.61. The Balaban J connectivity index is 1.84. The van der Waals surface area contributed by atoms with Crippen molar-refractivity contribution in [2.75, 3.05) is 20.1 Å². The number of sulfonamides is 1. The van der Waals surface area contributed by atoms with Crippen LogP contribution in [-0.4, -0.2) is 48.2 Å². The molecule has 0 unspecified atom stereocenters. The Bertz CT molecular complexity index is 948. The van der Waals surface area contributed by atoms with Crippen LogP contribution in [0, 0.1) is 5.82 Å². The average Bonchev–Trinajstić information content (AvgIpc) is 3.27. The monoisotopic (exact) mass is 413 g/mol. The molecule has 3 rings (SSSR count). The van der Waals surface area contributed by atoms with E-state index in [9.17, 15) is 17.6 Å². The fourth-order valence-corrected chi connectivity index (χ4v) is 4.97. The lowest BCUT2D eigenvalue weighted by Gasteiger charge is -2.18. The molecule has 6 nitrogen and oxygen atoms in total. The summed E-state index contributed by atoms with van der Waals surface area (Å²) in [6.45, 7) is 0.960. The lowest BCUT2D eigenvalue weighted by Crippen LogP contribution is -2.28. The molecule has 1 aliphatic heterocycles. The second kappa shape index (κ2) is 7.61. The summed E-state index contributed by atoms with van der Waals surface area (Å²) in [5.74, 6) is -0.911. The normalized spacial score (nSPS) is 15.3. The number of aryl methyl sites for hydroxylation is 1.